The molecule has 0 bridgehead atoms. The summed E-state index contributed by atoms with van der Waals surface area (Å²) < 4.78 is 0. The third-order valence-corrected chi connectivity index (χ3v) is 6.33. The Hall–Kier alpha value is -0.565. The maximum Gasteiger partial charge on any atom is 0.244 e. The van der Waals surface area contributed by atoms with Crippen molar-refractivity contribution < 1.29 is 0 Å². The minimum absolute atomic E-state index is 0.157. The number of hydrogen-bond acceptors (Lipinski definition) is 0. The van der Waals surface area contributed by atoms with Gasteiger partial charge in [0, 0.05) is 0 Å². The van der Waals surface area contributed by atoms with Crippen molar-refractivity contribution in [3.8, 4) is 0 Å². The highest BCUT2D eigenvalue weighted by Crippen LogP contribution is 2.40. The van der Waals surface area contributed by atoms with Gasteiger partial charge >= 0.3 is 0 Å². The van der Waals surface area contributed by atoms with Crippen LogP contribution in [-0.4, -0.2) is 6.71 Å². The zero-order valence-electron chi connectivity index (χ0n) is 12.5. The minimum atomic E-state index is -0.157. The summed E-state index contributed by atoms with van der Waals surface area (Å²) in [7, 11) is 0. The summed E-state index contributed by atoms with van der Waals surface area (Å²) in [4.78, 5) is 0. The predicted molar refractivity (Wildman–Crippen MR) is 109 cm³/mol. The number of hydrogen-bond donors (Lipinski definition) is 0. The van der Waals surface area contributed by atoms with E-state index in [1.807, 2.05) is 30.3 Å². The molecule has 0 atom stereocenters. The van der Waals surface area contributed by atoms with Crippen molar-refractivity contribution in [2.24, 2.45) is 0 Å². The van der Waals surface area contributed by atoms with Crippen LogP contribution in [0, 0.1) is 0 Å². The first-order valence-corrected chi connectivity index (χ1v) is 9.34. The van der Waals surface area contributed by atoms with Gasteiger partial charge in [-0.3, -0.25) is 0 Å². The van der Waals surface area contributed by atoms with Gasteiger partial charge in [-0.2, -0.15) is 0 Å². The van der Waals surface area contributed by atoms with Gasteiger partial charge in [-0.15, -0.1) is 0 Å². The zero-order chi connectivity index (χ0) is 17.3. The van der Waals surface area contributed by atoms with E-state index in [2.05, 4.69) is 18.2 Å². The standard InChI is InChI=1S/C18H12BCl5/c20-14-13(15(21)17(23)18(24)16(14)22)19(11-7-3-1-4-8-11)12-9-5-2-6-10-12/h1,3-5,7-10H,2,6H2. The van der Waals surface area contributed by atoms with Crippen LogP contribution in [0.3, 0.4) is 0 Å². The Morgan fingerprint density at radius 1 is 0.708 bits per heavy atom. The molecule has 3 rings (SSSR count). The largest absolute Gasteiger partial charge is 0.244 e. The van der Waals surface area contributed by atoms with Gasteiger partial charge in [0.15, 0.2) is 0 Å². The Kier molecular flexibility index (Phi) is 5.90. The highest BCUT2D eigenvalue weighted by Gasteiger charge is 2.31. The SMILES string of the molecule is Clc1c(Cl)c(Cl)c(B(C2=CCCC=C2)c2ccccc2)c(Cl)c1Cl. The zero-order valence-corrected chi connectivity index (χ0v) is 16.3. The van der Waals surface area contributed by atoms with E-state index in [4.69, 9.17) is 58.0 Å². The Bertz CT molecular complexity index is 798. The molecule has 0 aliphatic heterocycles. The maximum atomic E-state index is 6.53. The van der Waals surface area contributed by atoms with Gasteiger partial charge in [0.2, 0.25) is 6.71 Å². The molecule has 1 aliphatic rings. The lowest BCUT2D eigenvalue weighted by Crippen LogP contribution is -2.45. The summed E-state index contributed by atoms with van der Waals surface area (Å²) >= 11 is 31.8. The van der Waals surface area contributed by atoms with Gasteiger partial charge in [-0.25, -0.2) is 0 Å². The van der Waals surface area contributed by atoms with Gasteiger partial charge in [0.1, 0.15) is 0 Å². The lowest BCUT2D eigenvalue weighted by molar-refractivity contribution is 1.03. The molecular formula is C18H12BCl5. The van der Waals surface area contributed by atoms with E-state index in [1.165, 1.54) is 0 Å². The fraction of sp³-hybridized carbons (Fsp3) is 0.111. The topological polar surface area (TPSA) is 0 Å². The molecular weight excluding hydrogens is 404 g/mol. The van der Waals surface area contributed by atoms with Crippen LogP contribution in [-0.2, 0) is 0 Å². The summed E-state index contributed by atoms with van der Waals surface area (Å²) in [6.45, 7) is -0.157. The Morgan fingerprint density at radius 2 is 1.29 bits per heavy atom. The van der Waals surface area contributed by atoms with Gasteiger partial charge in [0.05, 0.1) is 25.1 Å². The van der Waals surface area contributed by atoms with Crippen LogP contribution in [0.15, 0.2) is 54.0 Å². The fourth-order valence-corrected chi connectivity index (χ4v) is 4.27. The van der Waals surface area contributed by atoms with E-state index in [1.54, 1.807) is 0 Å². The first kappa shape index (κ1) is 18.2. The number of rotatable bonds is 3. The molecule has 0 unspecified atom stereocenters. The molecule has 2 aromatic carbocycles. The smallest absolute Gasteiger partial charge is 0.0889 e. The average molecular weight is 416 g/mol. The number of allylic oxidation sites excluding steroid dienone is 4. The maximum absolute atomic E-state index is 6.53. The molecule has 0 saturated carbocycles. The molecule has 6 heteroatoms. The van der Waals surface area contributed by atoms with Crippen molar-refractivity contribution in [2.75, 3.05) is 0 Å². The molecule has 0 aromatic heterocycles. The Labute approximate surface area is 167 Å². The number of halogens is 5. The van der Waals surface area contributed by atoms with Crippen molar-refractivity contribution in [3.05, 3.63) is 79.1 Å². The molecule has 0 nitrogen and oxygen atoms in total. The molecule has 24 heavy (non-hydrogen) atoms. The number of benzene rings is 2. The summed E-state index contributed by atoms with van der Waals surface area (Å²) in [6.07, 6.45) is 8.44. The first-order chi connectivity index (χ1) is 11.5. The van der Waals surface area contributed by atoms with E-state index in [9.17, 15) is 0 Å². The summed E-state index contributed by atoms with van der Waals surface area (Å²) in [5, 5.41) is 1.31. The van der Waals surface area contributed by atoms with Crippen molar-refractivity contribution in [1.82, 2.24) is 0 Å². The highest BCUT2D eigenvalue weighted by atomic mass is 35.5. The third-order valence-electron chi connectivity index (χ3n) is 4.02. The summed E-state index contributed by atoms with van der Waals surface area (Å²) in [6, 6.07) is 10.0. The molecule has 122 valence electrons. The average Bonchev–Trinajstić information content (AvgIpc) is 2.63. The van der Waals surface area contributed by atoms with Crippen LogP contribution in [0.5, 0.6) is 0 Å². The van der Waals surface area contributed by atoms with E-state index in [0.29, 0.717) is 15.5 Å². The molecule has 0 amide bonds. The van der Waals surface area contributed by atoms with Gasteiger partial charge in [0.25, 0.3) is 0 Å². The van der Waals surface area contributed by atoms with Gasteiger partial charge in [-0.1, -0.05) is 117 Å². The lowest BCUT2D eigenvalue weighted by atomic mass is 9.35. The Morgan fingerprint density at radius 3 is 1.83 bits per heavy atom. The molecule has 2 aromatic rings. The van der Waals surface area contributed by atoms with Crippen LogP contribution in [0.2, 0.25) is 25.1 Å². The van der Waals surface area contributed by atoms with Crippen LogP contribution in [0.25, 0.3) is 0 Å². The lowest BCUT2D eigenvalue weighted by Gasteiger charge is -2.22. The first-order valence-electron chi connectivity index (χ1n) is 7.45. The normalized spacial score (nSPS) is 13.8. The van der Waals surface area contributed by atoms with Crippen LogP contribution in [0.4, 0.5) is 0 Å². The van der Waals surface area contributed by atoms with E-state index in [-0.39, 0.29) is 21.8 Å². The van der Waals surface area contributed by atoms with Crippen molar-refractivity contribution in [3.63, 3.8) is 0 Å². The molecule has 0 heterocycles. The minimum Gasteiger partial charge on any atom is -0.0889 e. The highest BCUT2D eigenvalue weighted by molar-refractivity contribution is 6.94. The fourth-order valence-electron chi connectivity index (χ4n) is 2.89. The summed E-state index contributed by atoms with van der Waals surface area (Å²) in [5.74, 6) is 0. The van der Waals surface area contributed by atoms with Crippen LogP contribution in [0.1, 0.15) is 12.8 Å². The molecule has 0 spiro atoms. The second-order valence-electron chi connectivity index (χ2n) is 5.51. The molecule has 0 radical (unpaired) electrons. The molecule has 0 saturated heterocycles. The monoisotopic (exact) mass is 414 g/mol. The van der Waals surface area contributed by atoms with Gasteiger partial charge < -0.3 is 0 Å². The molecule has 0 N–H and O–H groups in total. The van der Waals surface area contributed by atoms with E-state index in [0.717, 1.165) is 23.8 Å². The van der Waals surface area contributed by atoms with Crippen molar-refractivity contribution >= 4 is 75.6 Å². The third kappa shape index (κ3) is 3.38. The Balaban J connectivity index is 2.28. The summed E-state index contributed by atoms with van der Waals surface area (Å²) in [5.41, 5.74) is 2.86. The van der Waals surface area contributed by atoms with Crippen molar-refractivity contribution in [1.29, 1.82) is 0 Å². The van der Waals surface area contributed by atoms with Gasteiger partial charge in [-0.05, 0) is 18.3 Å². The second kappa shape index (κ2) is 7.76. The molecule has 0 fully saturated rings. The second-order valence-corrected chi connectivity index (χ2v) is 7.40. The van der Waals surface area contributed by atoms with Crippen LogP contribution >= 0.6 is 58.0 Å². The molecule has 1 aliphatic carbocycles. The van der Waals surface area contributed by atoms with E-state index >= 15 is 0 Å². The predicted octanol–water partition coefficient (Wildman–Crippen LogP) is 6.38. The quantitative estimate of drug-likeness (QED) is 0.310. The van der Waals surface area contributed by atoms with Crippen molar-refractivity contribution in [2.45, 2.75) is 12.8 Å². The van der Waals surface area contributed by atoms with Crippen LogP contribution < -0.4 is 10.9 Å². The van der Waals surface area contributed by atoms with E-state index < -0.39 is 0 Å².